The minimum Gasteiger partial charge on any atom is -0.465 e. The molecule has 0 aliphatic heterocycles. The number of pyridine rings is 1. The number of rotatable bonds is 3. The Morgan fingerprint density at radius 1 is 1.05 bits per heavy atom. The first kappa shape index (κ1) is 12.7. The second-order valence-electron chi connectivity index (χ2n) is 3.56. The van der Waals surface area contributed by atoms with Gasteiger partial charge in [-0.2, -0.15) is 0 Å². The highest BCUT2D eigenvalue weighted by Crippen LogP contribution is 2.14. The van der Waals surface area contributed by atoms with Gasteiger partial charge in [-0.15, -0.1) is 0 Å². The number of hydrogen-bond acceptors (Lipinski definition) is 6. The summed E-state index contributed by atoms with van der Waals surface area (Å²) in [6.45, 7) is 0. The van der Waals surface area contributed by atoms with Crippen LogP contribution in [-0.2, 0) is 9.47 Å². The van der Waals surface area contributed by atoms with Crippen molar-refractivity contribution in [3.05, 3.63) is 35.8 Å². The number of nitrogens with zero attached hydrogens (tertiary/aromatic N) is 2. The molecule has 0 saturated heterocycles. The van der Waals surface area contributed by atoms with Crippen molar-refractivity contribution in [2.75, 3.05) is 14.2 Å². The molecule has 2 aromatic rings. The van der Waals surface area contributed by atoms with E-state index in [1.54, 1.807) is 12.1 Å². The maximum absolute atomic E-state index is 11.3. The molecule has 1 N–H and O–H groups in total. The van der Waals surface area contributed by atoms with Crippen LogP contribution in [0.25, 0.3) is 11.5 Å². The molecule has 7 heteroatoms. The number of H-pyrrole nitrogens is 1. The summed E-state index contributed by atoms with van der Waals surface area (Å²) < 4.78 is 9.13. The van der Waals surface area contributed by atoms with Crippen molar-refractivity contribution in [2.45, 2.75) is 0 Å². The lowest BCUT2D eigenvalue weighted by atomic mass is 10.2. The Balaban J connectivity index is 2.25. The zero-order valence-corrected chi connectivity index (χ0v) is 10.3. The number of nitrogens with one attached hydrogen (secondary N) is 1. The first-order chi connectivity index (χ1) is 9.15. The standard InChI is InChI=1S/C12H11N3O4/c1-18-11(16)7-3-4-8(13-5-7)10-14-6-9(15-10)12(17)19-2/h3-6H,1-2H3,(H,14,15). The average molecular weight is 261 g/mol. The van der Waals surface area contributed by atoms with E-state index >= 15 is 0 Å². The largest absolute Gasteiger partial charge is 0.465 e. The number of methoxy groups -OCH3 is 2. The van der Waals surface area contributed by atoms with Crippen LogP contribution in [0.5, 0.6) is 0 Å². The summed E-state index contributed by atoms with van der Waals surface area (Å²) >= 11 is 0. The number of carbonyl (C=O) groups excluding carboxylic acids is 2. The molecule has 0 atom stereocenters. The van der Waals surface area contributed by atoms with E-state index < -0.39 is 11.9 Å². The van der Waals surface area contributed by atoms with E-state index in [2.05, 4.69) is 24.4 Å². The fourth-order valence-corrected chi connectivity index (χ4v) is 1.44. The average Bonchev–Trinajstić information content (AvgIpc) is 2.95. The molecule has 0 spiro atoms. The van der Waals surface area contributed by atoms with Crippen LogP contribution in [0.2, 0.25) is 0 Å². The van der Waals surface area contributed by atoms with Gasteiger partial charge in [0.05, 0.1) is 26.0 Å². The highest BCUT2D eigenvalue weighted by atomic mass is 16.5. The van der Waals surface area contributed by atoms with Crippen LogP contribution in [0.3, 0.4) is 0 Å². The predicted molar refractivity (Wildman–Crippen MR) is 64.5 cm³/mol. The minimum atomic E-state index is -0.509. The molecule has 2 aromatic heterocycles. The van der Waals surface area contributed by atoms with Gasteiger partial charge in [0.25, 0.3) is 0 Å². The van der Waals surface area contributed by atoms with Crippen LogP contribution >= 0.6 is 0 Å². The Morgan fingerprint density at radius 2 is 1.79 bits per heavy atom. The molecule has 0 aromatic carbocycles. The fraction of sp³-hybridized carbons (Fsp3) is 0.167. The van der Waals surface area contributed by atoms with Crippen LogP contribution in [0.15, 0.2) is 24.5 Å². The molecule has 2 rings (SSSR count). The smallest absolute Gasteiger partial charge is 0.356 e. The van der Waals surface area contributed by atoms with Crippen LogP contribution in [0.4, 0.5) is 0 Å². The third-order valence-electron chi connectivity index (χ3n) is 2.41. The lowest BCUT2D eigenvalue weighted by molar-refractivity contribution is 0.0588. The van der Waals surface area contributed by atoms with Gasteiger partial charge in [-0.25, -0.2) is 14.6 Å². The quantitative estimate of drug-likeness (QED) is 0.830. The SMILES string of the molecule is COC(=O)c1ccc(-c2ncc(C(=O)OC)[nH]2)nc1. The molecular formula is C12H11N3O4. The van der Waals surface area contributed by atoms with Crippen molar-refractivity contribution < 1.29 is 19.1 Å². The minimum absolute atomic E-state index is 0.233. The molecule has 0 fully saturated rings. The maximum atomic E-state index is 11.3. The van der Waals surface area contributed by atoms with Crippen LogP contribution in [0, 0.1) is 0 Å². The lowest BCUT2D eigenvalue weighted by Gasteiger charge is -1.99. The molecule has 98 valence electrons. The number of hydrogen-bond donors (Lipinski definition) is 1. The fourth-order valence-electron chi connectivity index (χ4n) is 1.44. The zero-order chi connectivity index (χ0) is 13.8. The molecule has 0 aliphatic carbocycles. The molecular weight excluding hydrogens is 250 g/mol. The van der Waals surface area contributed by atoms with E-state index in [0.29, 0.717) is 17.1 Å². The summed E-state index contributed by atoms with van der Waals surface area (Å²) in [5.74, 6) is -0.560. The molecule has 0 amide bonds. The summed E-state index contributed by atoms with van der Waals surface area (Å²) in [6.07, 6.45) is 2.73. The van der Waals surface area contributed by atoms with Crippen molar-refractivity contribution in [3.63, 3.8) is 0 Å². The summed E-state index contributed by atoms with van der Waals surface area (Å²) in [6, 6.07) is 3.17. The third-order valence-corrected chi connectivity index (χ3v) is 2.41. The first-order valence-corrected chi connectivity index (χ1v) is 5.33. The van der Waals surface area contributed by atoms with Gasteiger partial charge in [-0.3, -0.25) is 4.98 Å². The van der Waals surface area contributed by atoms with Crippen molar-refractivity contribution in [2.24, 2.45) is 0 Å². The lowest BCUT2D eigenvalue weighted by Crippen LogP contribution is -2.02. The van der Waals surface area contributed by atoms with E-state index in [9.17, 15) is 9.59 Å². The monoisotopic (exact) mass is 261 g/mol. The van der Waals surface area contributed by atoms with Crippen molar-refractivity contribution in [1.82, 2.24) is 15.0 Å². The first-order valence-electron chi connectivity index (χ1n) is 5.33. The summed E-state index contributed by atoms with van der Waals surface area (Å²) in [5, 5.41) is 0. The van der Waals surface area contributed by atoms with Crippen LogP contribution in [0.1, 0.15) is 20.8 Å². The zero-order valence-electron chi connectivity index (χ0n) is 10.3. The van der Waals surface area contributed by atoms with Crippen molar-refractivity contribution in [1.29, 1.82) is 0 Å². The number of esters is 2. The van der Waals surface area contributed by atoms with Crippen LogP contribution in [-0.4, -0.2) is 41.1 Å². The van der Waals surface area contributed by atoms with Gasteiger partial charge in [-0.05, 0) is 12.1 Å². The van der Waals surface area contributed by atoms with Gasteiger partial charge < -0.3 is 14.5 Å². The third kappa shape index (κ3) is 2.59. The van der Waals surface area contributed by atoms with Crippen molar-refractivity contribution >= 4 is 11.9 Å². The number of imidazole rings is 1. The van der Waals surface area contributed by atoms with E-state index in [4.69, 9.17) is 0 Å². The topological polar surface area (TPSA) is 94.2 Å². The Labute approximate surface area is 108 Å². The van der Waals surface area contributed by atoms with Gasteiger partial charge in [-0.1, -0.05) is 0 Å². The van der Waals surface area contributed by atoms with Gasteiger partial charge in [0, 0.05) is 6.20 Å². The Bertz CT molecular complexity index is 604. The number of aromatic nitrogens is 3. The molecule has 2 heterocycles. The predicted octanol–water partition coefficient (Wildman–Crippen LogP) is 1.04. The Hall–Kier alpha value is -2.70. The second kappa shape index (κ2) is 5.30. The number of ether oxygens (including phenoxy) is 2. The number of aromatic amines is 1. The molecule has 7 nitrogen and oxygen atoms in total. The summed E-state index contributed by atoms with van der Waals surface area (Å²) in [5.41, 5.74) is 1.07. The molecule has 0 saturated carbocycles. The highest BCUT2D eigenvalue weighted by molar-refractivity contribution is 5.89. The summed E-state index contributed by atoms with van der Waals surface area (Å²) in [4.78, 5) is 33.4. The van der Waals surface area contributed by atoms with E-state index in [1.807, 2.05) is 0 Å². The number of carbonyl (C=O) groups is 2. The second-order valence-corrected chi connectivity index (χ2v) is 3.56. The van der Waals surface area contributed by atoms with E-state index in [-0.39, 0.29) is 5.69 Å². The molecule has 0 bridgehead atoms. The normalized spacial score (nSPS) is 10.0. The van der Waals surface area contributed by atoms with Gasteiger partial charge >= 0.3 is 11.9 Å². The van der Waals surface area contributed by atoms with E-state index in [1.165, 1.54) is 26.6 Å². The van der Waals surface area contributed by atoms with Gasteiger partial charge in [0.15, 0.2) is 5.82 Å². The Kier molecular flexibility index (Phi) is 3.56. The van der Waals surface area contributed by atoms with Gasteiger partial charge in [0.2, 0.25) is 0 Å². The molecule has 0 aliphatic rings. The maximum Gasteiger partial charge on any atom is 0.356 e. The molecule has 0 unspecified atom stereocenters. The summed E-state index contributed by atoms with van der Waals surface area (Å²) in [7, 11) is 2.58. The van der Waals surface area contributed by atoms with Crippen molar-refractivity contribution in [3.8, 4) is 11.5 Å². The highest BCUT2D eigenvalue weighted by Gasteiger charge is 2.12. The van der Waals surface area contributed by atoms with Crippen LogP contribution < -0.4 is 0 Å². The van der Waals surface area contributed by atoms with Gasteiger partial charge in [0.1, 0.15) is 11.4 Å². The van der Waals surface area contributed by atoms with E-state index in [0.717, 1.165) is 0 Å². The Morgan fingerprint density at radius 3 is 2.37 bits per heavy atom. The molecule has 0 radical (unpaired) electrons. The molecule has 19 heavy (non-hydrogen) atoms.